The highest BCUT2D eigenvalue weighted by molar-refractivity contribution is 8.00. The Labute approximate surface area is 407 Å². The zero-order valence-electron chi connectivity index (χ0n) is 36.9. The number of esters is 1. The summed E-state index contributed by atoms with van der Waals surface area (Å²) in [6.45, 7) is 6.52. The van der Waals surface area contributed by atoms with E-state index in [9.17, 15) is 54.0 Å². The van der Waals surface area contributed by atoms with Crippen molar-refractivity contribution in [3.05, 3.63) is 80.3 Å². The van der Waals surface area contributed by atoms with Crippen LogP contribution in [0.3, 0.4) is 0 Å². The minimum atomic E-state index is -2.01. The lowest BCUT2D eigenvalue weighted by Gasteiger charge is -2.34. The monoisotopic (exact) mass is 1030 g/mol. The Morgan fingerprint density at radius 2 is 1.45 bits per heavy atom. The summed E-state index contributed by atoms with van der Waals surface area (Å²) in [4.78, 5) is 113. The van der Waals surface area contributed by atoms with E-state index in [1.165, 1.54) is 24.6 Å². The number of cyclic esters (lactones) is 1. The first-order valence-electron chi connectivity index (χ1n) is 20.1. The molecule has 3 aromatic rings. The van der Waals surface area contributed by atoms with Crippen molar-refractivity contribution in [3.63, 3.8) is 0 Å². The Balaban J connectivity index is 1.36. The van der Waals surface area contributed by atoms with Gasteiger partial charge in [-0.25, -0.2) is 38.7 Å². The molecule has 0 radical (unpaired) electrons. The largest absolute Gasteiger partial charge is 0.543 e. The minimum Gasteiger partial charge on any atom is -0.543 e. The number of amidine groups is 1. The lowest BCUT2D eigenvalue weighted by Crippen LogP contribution is -2.58. The molecule has 9 N–H and O–H groups in total. The fraction of sp³-hybridized carbons (Fsp3) is 0.375. The van der Waals surface area contributed by atoms with Crippen LogP contribution in [0.1, 0.15) is 44.1 Å². The van der Waals surface area contributed by atoms with Crippen molar-refractivity contribution in [2.45, 2.75) is 75.2 Å². The molecule has 6 heterocycles. The third kappa shape index (κ3) is 12.5. The van der Waals surface area contributed by atoms with Gasteiger partial charge in [0.2, 0.25) is 16.3 Å². The predicted molar refractivity (Wildman–Crippen MR) is 246 cm³/mol. The van der Waals surface area contributed by atoms with E-state index < -0.39 is 93.0 Å². The molecule has 3 aliphatic rings. The SMILES string of the molecule is Cc1nc(/C(=N/OC(C)(C)C(=O)O)C(=O)NC(C(N)=Nc2nc(/C(=N/OC(C)(C)C(=O)O)C(=O)N[C@H](C(=O)O)[C@@H]3NC4=C(COC4=O)CS3)cs2)C2NC(C(=O)[O-])=C(C[n+]3ccccc3)CS2)cs1. The fourth-order valence-corrected chi connectivity index (χ4v) is 9.65. The van der Waals surface area contributed by atoms with Gasteiger partial charge in [-0.15, -0.1) is 46.2 Å². The maximum absolute atomic E-state index is 14.3. The number of carboxylic acids is 4. The van der Waals surface area contributed by atoms with Gasteiger partial charge < -0.3 is 66.6 Å². The van der Waals surface area contributed by atoms with Gasteiger partial charge in [-0.1, -0.05) is 16.4 Å². The number of pyridine rings is 1. The smallest absolute Gasteiger partial charge is 0.354 e. The van der Waals surface area contributed by atoms with E-state index in [2.05, 4.69) is 46.5 Å². The predicted octanol–water partition coefficient (Wildman–Crippen LogP) is -1.05. The van der Waals surface area contributed by atoms with Gasteiger partial charge in [-0.05, 0) is 34.6 Å². The first kappa shape index (κ1) is 51.3. The number of rotatable bonds is 20. The maximum Gasteiger partial charge on any atom is 0.354 e. The molecule has 25 nitrogen and oxygen atoms in total. The van der Waals surface area contributed by atoms with Crippen molar-refractivity contribution < 1.29 is 73.0 Å². The van der Waals surface area contributed by atoms with E-state index in [4.69, 9.17) is 20.1 Å². The third-order valence-electron chi connectivity index (χ3n) is 9.87. The number of nitrogens with one attached hydrogen (secondary N) is 4. The number of hydrogen-bond donors (Lipinski definition) is 8. The molecule has 29 heteroatoms. The second kappa shape index (κ2) is 21.5. The van der Waals surface area contributed by atoms with E-state index in [0.717, 1.165) is 60.0 Å². The zero-order chi connectivity index (χ0) is 50.4. The van der Waals surface area contributed by atoms with Crippen LogP contribution in [0.5, 0.6) is 0 Å². The summed E-state index contributed by atoms with van der Waals surface area (Å²) in [6.07, 6.45) is 3.47. The number of aliphatic carboxylic acids is 4. The molecule has 4 atom stereocenters. The summed E-state index contributed by atoms with van der Waals surface area (Å²) < 4.78 is 6.77. The average molecular weight is 1030 g/mol. The van der Waals surface area contributed by atoms with Crippen LogP contribution in [0.25, 0.3) is 0 Å². The maximum atomic E-state index is 14.3. The minimum absolute atomic E-state index is 0.000954. The van der Waals surface area contributed by atoms with Crippen molar-refractivity contribution >= 4 is 110 Å². The van der Waals surface area contributed by atoms with Gasteiger partial charge in [0.25, 0.3) is 11.8 Å². The normalized spacial score (nSPS) is 18.7. The molecule has 0 saturated heterocycles. The summed E-state index contributed by atoms with van der Waals surface area (Å²) in [5, 5.41) is 61.4. The summed E-state index contributed by atoms with van der Waals surface area (Å²) in [5.41, 5.74) is 2.08. The number of ether oxygens (including phenoxy) is 1. The van der Waals surface area contributed by atoms with Crippen LogP contribution in [-0.4, -0.2) is 136 Å². The van der Waals surface area contributed by atoms with Gasteiger partial charge in [-0.2, -0.15) is 0 Å². The first-order chi connectivity index (χ1) is 32.5. The molecule has 0 fully saturated rings. The van der Waals surface area contributed by atoms with Crippen LogP contribution < -0.4 is 36.7 Å². The van der Waals surface area contributed by atoms with Gasteiger partial charge >= 0.3 is 23.9 Å². The van der Waals surface area contributed by atoms with Crippen molar-refractivity contribution in [3.8, 4) is 0 Å². The molecule has 69 heavy (non-hydrogen) atoms. The Bertz CT molecular complexity index is 2720. The highest BCUT2D eigenvalue weighted by Gasteiger charge is 2.41. The number of aliphatic imine (C=N–C) groups is 1. The molecule has 366 valence electrons. The van der Waals surface area contributed by atoms with E-state index in [1.807, 2.05) is 0 Å². The Kier molecular flexibility index (Phi) is 15.9. The second-order valence-corrected chi connectivity index (χ2v) is 20.0. The molecule has 0 bridgehead atoms. The highest BCUT2D eigenvalue weighted by atomic mass is 32.2. The summed E-state index contributed by atoms with van der Waals surface area (Å²) in [7, 11) is 0. The van der Waals surface area contributed by atoms with Gasteiger partial charge in [0.15, 0.2) is 36.4 Å². The van der Waals surface area contributed by atoms with Gasteiger partial charge in [0.1, 0.15) is 46.3 Å². The van der Waals surface area contributed by atoms with Crippen molar-refractivity contribution in [1.82, 2.24) is 31.2 Å². The molecule has 2 unspecified atom stereocenters. The summed E-state index contributed by atoms with van der Waals surface area (Å²) in [5.74, 6) is -8.92. The lowest BCUT2D eigenvalue weighted by molar-refractivity contribution is -0.689. The third-order valence-corrected chi connectivity index (χ3v) is 13.9. The molecule has 0 saturated carbocycles. The lowest BCUT2D eigenvalue weighted by atomic mass is 10.1. The molecule has 0 aliphatic carbocycles. The van der Waals surface area contributed by atoms with E-state index in [0.29, 0.717) is 16.2 Å². The number of thioether (sulfide) groups is 2. The van der Waals surface area contributed by atoms with E-state index >= 15 is 0 Å². The number of aryl methyl sites for hydroxylation is 1. The number of hydrogen-bond acceptors (Lipinski definition) is 22. The number of oxime groups is 2. The molecule has 0 spiro atoms. The van der Waals surface area contributed by atoms with Crippen LogP contribution in [0.4, 0.5) is 5.13 Å². The number of aromatic nitrogens is 3. The molecular formula is C40H43N11O14S4. The van der Waals surface area contributed by atoms with Crippen molar-refractivity contribution in [1.29, 1.82) is 0 Å². The summed E-state index contributed by atoms with van der Waals surface area (Å²) >= 11 is 4.14. The molecule has 0 aromatic carbocycles. The number of carbonyl (C=O) groups is 7. The van der Waals surface area contributed by atoms with Crippen molar-refractivity contribution in [2.24, 2.45) is 21.0 Å². The molecular weight excluding hydrogens is 987 g/mol. The van der Waals surface area contributed by atoms with Gasteiger partial charge in [0, 0.05) is 45.5 Å². The first-order valence-corrected chi connectivity index (χ1v) is 24.0. The van der Waals surface area contributed by atoms with Gasteiger partial charge in [0.05, 0.1) is 16.7 Å². The number of carbonyl (C=O) groups excluding carboxylic acids is 4. The fourth-order valence-electron chi connectivity index (χ4n) is 5.96. The van der Waals surface area contributed by atoms with Crippen molar-refractivity contribution in [2.75, 3.05) is 18.1 Å². The Hall–Kier alpha value is -7.11. The van der Waals surface area contributed by atoms with Crippen LogP contribution in [0, 0.1) is 6.92 Å². The second-order valence-electron chi connectivity index (χ2n) is 15.9. The summed E-state index contributed by atoms with van der Waals surface area (Å²) in [6, 6.07) is 2.17. The Morgan fingerprint density at radius 3 is 2.01 bits per heavy atom. The number of nitrogens with zero attached hydrogens (tertiary/aromatic N) is 6. The van der Waals surface area contributed by atoms with Crippen LogP contribution >= 0.6 is 46.2 Å². The number of amides is 2. The molecule has 6 rings (SSSR count). The number of nitrogens with two attached hydrogens (primary N) is 1. The molecule has 3 aromatic heterocycles. The molecule has 3 aliphatic heterocycles. The Morgan fingerprint density at radius 1 is 0.884 bits per heavy atom. The number of carboxylic acid groups (broad SMARTS) is 4. The van der Waals surface area contributed by atoms with E-state index in [1.54, 1.807) is 42.1 Å². The topological polar surface area (TPSA) is 372 Å². The van der Waals surface area contributed by atoms with Gasteiger partial charge in [-0.3, -0.25) is 9.59 Å². The van der Waals surface area contributed by atoms with Crippen LogP contribution in [0.2, 0.25) is 0 Å². The number of thiazole rings is 2. The highest BCUT2D eigenvalue weighted by Crippen LogP contribution is 2.30. The quantitative estimate of drug-likeness (QED) is 0.0220. The standard InChI is InChI=1S/C40H43N11O14S4/c1-17-42-20(15-66-17)24(49-64-39(2,3)36(59)60)29(52)44-26(31-46-22(33(54)55)18(13-67-31)11-51-9-7-6-8-10-51)28(41)48-38-43-21(16-69-38)25(50-65-40(4,5)37(61)62)30(53)45-27(34(56)57)32-47-23-19(14-68-32)12-63-35(23)58/h6-10,15-16,26-27,31-32,46-47H,11-14H2,1-5H3,(H7-,41,43,44,45,48,52,53,54,55,56,57,59,60,61,62)/b49-24-,50-25-/t26?,27-,31?,32+/m0/s1. The van der Waals surface area contributed by atoms with E-state index in [-0.39, 0.29) is 52.6 Å². The average Bonchev–Trinajstić information content (AvgIpc) is 4.04. The molecule has 2 amide bonds. The van der Waals surface area contributed by atoms with Crippen LogP contribution in [-0.2, 0) is 54.5 Å². The zero-order valence-corrected chi connectivity index (χ0v) is 40.2. The van der Waals surface area contributed by atoms with Crippen LogP contribution in [0.15, 0.2) is 79.2 Å².